The number of hydrazine groups is 1. The van der Waals surface area contributed by atoms with Gasteiger partial charge in [0, 0.05) is 12.1 Å². The summed E-state index contributed by atoms with van der Waals surface area (Å²) in [7, 11) is 0. The van der Waals surface area contributed by atoms with Crippen LogP contribution in [0.5, 0.6) is 0 Å². The Bertz CT molecular complexity index is 551. The normalized spacial score (nSPS) is 14.4. The number of nitrogens with one attached hydrogen (secondary N) is 1. The molecule has 5 N–H and O–H groups in total. The van der Waals surface area contributed by atoms with Crippen LogP contribution in [0.1, 0.15) is 18.6 Å². The van der Waals surface area contributed by atoms with Crippen LogP contribution in [0, 0.1) is 0 Å². The lowest BCUT2D eigenvalue weighted by atomic mass is 10.3. The summed E-state index contributed by atoms with van der Waals surface area (Å²) < 4.78 is 5.39. The van der Waals surface area contributed by atoms with Gasteiger partial charge in [-0.2, -0.15) is 9.97 Å². The first kappa shape index (κ1) is 11.8. The molecule has 0 amide bonds. The Kier molecular flexibility index (Phi) is 2.96. The van der Waals surface area contributed by atoms with E-state index < -0.39 is 0 Å². The lowest BCUT2D eigenvalue weighted by Gasteiger charge is -2.22. The molecule has 1 aliphatic rings. The number of nitrogens with zero attached hydrogens (tertiary/aromatic N) is 3. The van der Waals surface area contributed by atoms with Gasteiger partial charge in [-0.1, -0.05) is 0 Å². The molecule has 2 aromatic heterocycles. The molecule has 0 radical (unpaired) electrons. The fraction of sp³-hybridized carbons (Fsp3) is 0.333. The number of anilines is 3. The molecule has 0 saturated heterocycles. The maximum absolute atomic E-state index is 5.70. The van der Waals surface area contributed by atoms with E-state index in [4.69, 9.17) is 16.0 Å². The Labute approximate surface area is 110 Å². The average molecular weight is 260 g/mol. The Balaban J connectivity index is 1.89. The average Bonchev–Trinajstić information content (AvgIpc) is 3.12. The Morgan fingerprint density at radius 1 is 1.42 bits per heavy atom. The van der Waals surface area contributed by atoms with Crippen molar-refractivity contribution in [1.82, 2.24) is 9.97 Å². The van der Waals surface area contributed by atoms with Gasteiger partial charge in [0.05, 0.1) is 12.8 Å². The van der Waals surface area contributed by atoms with Crippen LogP contribution < -0.4 is 21.9 Å². The second kappa shape index (κ2) is 4.77. The number of aromatic nitrogens is 2. The predicted octanol–water partition coefficient (Wildman–Crippen LogP) is 1.11. The number of nitrogen functional groups attached to an aromatic ring is 2. The van der Waals surface area contributed by atoms with Gasteiger partial charge in [-0.05, 0) is 25.0 Å². The van der Waals surface area contributed by atoms with Crippen molar-refractivity contribution in [2.45, 2.75) is 25.4 Å². The number of nitrogens with two attached hydrogens (primary N) is 2. The van der Waals surface area contributed by atoms with E-state index in [1.165, 1.54) is 0 Å². The van der Waals surface area contributed by atoms with Crippen molar-refractivity contribution in [2.75, 3.05) is 16.1 Å². The fourth-order valence-corrected chi connectivity index (χ4v) is 2.03. The van der Waals surface area contributed by atoms with Crippen molar-refractivity contribution in [3.8, 4) is 0 Å². The summed E-state index contributed by atoms with van der Waals surface area (Å²) in [5.41, 5.74) is 8.20. The molecular weight excluding hydrogens is 244 g/mol. The van der Waals surface area contributed by atoms with Gasteiger partial charge in [0.15, 0.2) is 0 Å². The topological polar surface area (TPSA) is 106 Å². The number of hydrogen-bond acceptors (Lipinski definition) is 7. The van der Waals surface area contributed by atoms with Gasteiger partial charge in [-0.3, -0.25) is 0 Å². The monoisotopic (exact) mass is 260 g/mol. The quantitative estimate of drug-likeness (QED) is 0.546. The van der Waals surface area contributed by atoms with E-state index in [2.05, 4.69) is 20.3 Å². The minimum atomic E-state index is 0.204. The lowest BCUT2D eigenvalue weighted by Crippen LogP contribution is -2.26. The van der Waals surface area contributed by atoms with Crippen LogP contribution in [0.2, 0.25) is 0 Å². The van der Waals surface area contributed by atoms with Crippen LogP contribution in [-0.4, -0.2) is 16.0 Å². The zero-order chi connectivity index (χ0) is 13.2. The molecule has 0 atom stereocenters. The van der Waals surface area contributed by atoms with E-state index in [1.807, 2.05) is 12.1 Å². The molecule has 0 aromatic carbocycles. The molecule has 7 heteroatoms. The highest BCUT2D eigenvalue weighted by Crippen LogP contribution is 2.33. The van der Waals surface area contributed by atoms with Crippen molar-refractivity contribution in [3.63, 3.8) is 0 Å². The van der Waals surface area contributed by atoms with Gasteiger partial charge in [-0.15, -0.1) is 0 Å². The third kappa shape index (κ3) is 2.60. The lowest BCUT2D eigenvalue weighted by molar-refractivity contribution is 0.500. The summed E-state index contributed by atoms with van der Waals surface area (Å²) >= 11 is 0. The van der Waals surface area contributed by atoms with Gasteiger partial charge < -0.3 is 20.5 Å². The zero-order valence-corrected chi connectivity index (χ0v) is 10.4. The molecule has 2 heterocycles. The van der Waals surface area contributed by atoms with Crippen molar-refractivity contribution in [1.29, 1.82) is 0 Å². The summed E-state index contributed by atoms with van der Waals surface area (Å²) in [5.74, 6) is 7.75. The minimum Gasteiger partial charge on any atom is -0.467 e. The third-order valence-electron chi connectivity index (χ3n) is 3.07. The molecule has 100 valence electrons. The summed E-state index contributed by atoms with van der Waals surface area (Å²) in [4.78, 5) is 10.4. The molecule has 1 fully saturated rings. The number of rotatable bonds is 5. The van der Waals surface area contributed by atoms with Crippen LogP contribution in [-0.2, 0) is 6.54 Å². The van der Waals surface area contributed by atoms with Gasteiger partial charge in [-0.25, -0.2) is 5.84 Å². The van der Waals surface area contributed by atoms with Crippen molar-refractivity contribution in [2.24, 2.45) is 5.84 Å². The van der Waals surface area contributed by atoms with E-state index in [0.29, 0.717) is 18.4 Å². The maximum Gasteiger partial charge on any atom is 0.223 e. The predicted molar refractivity (Wildman–Crippen MR) is 72.2 cm³/mol. The number of hydrogen-bond donors (Lipinski definition) is 3. The molecule has 2 aromatic rings. The summed E-state index contributed by atoms with van der Waals surface area (Å²) in [6.07, 6.45) is 3.97. The van der Waals surface area contributed by atoms with Crippen LogP contribution >= 0.6 is 0 Å². The third-order valence-corrected chi connectivity index (χ3v) is 3.07. The molecule has 1 aliphatic carbocycles. The SMILES string of the molecule is NNc1cc(N(Cc2ccco2)C2CC2)nc(N)n1. The smallest absolute Gasteiger partial charge is 0.223 e. The molecule has 0 unspecified atom stereocenters. The largest absolute Gasteiger partial charge is 0.467 e. The van der Waals surface area contributed by atoms with Crippen LogP contribution in [0.25, 0.3) is 0 Å². The van der Waals surface area contributed by atoms with Crippen LogP contribution in [0.4, 0.5) is 17.6 Å². The maximum atomic E-state index is 5.70. The Hall–Kier alpha value is -2.28. The highest BCUT2D eigenvalue weighted by molar-refractivity contribution is 5.53. The molecule has 3 rings (SSSR count). The first-order chi connectivity index (χ1) is 9.26. The summed E-state index contributed by atoms with van der Waals surface area (Å²) in [6, 6.07) is 6.09. The molecule has 0 bridgehead atoms. The second-order valence-electron chi connectivity index (χ2n) is 4.55. The number of furan rings is 1. The molecule has 0 spiro atoms. The first-order valence-corrected chi connectivity index (χ1v) is 6.16. The fourth-order valence-electron chi connectivity index (χ4n) is 2.03. The standard InChI is InChI=1S/C12H16N6O/c13-12-15-10(17-14)6-11(16-12)18(8-3-4-8)7-9-2-1-5-19-9/h1-2,5-6,8H,3-4,7,14H2,(H3,13,15,16,17). The minimum absolute atomic E-state index is 0.204. The first-order valence-electron chi connectivity index (χ1n) is 6.16. The van der Waals surface area contributed by atoms with Crippen LogP contribution in [0.15, 0.2) is 28.9 Å². The highest BCUT2D eigenvalue weighted by Gasteiger charge is 2.31. The van der Waals surface area contributed by atoms with Gasteiger partial charge in [0.1, 0.15) is 17.4 Å². The van der Waals surface area contributed by atoms with Crippen molar-refractivity contribution in [3.05, 3.63) is 30.2 Å². The molecule has 19 heavy (non-hydrogen) atoms. The van der Waals surface area contributed by atoms with Gasteiger partial charge in [0.25, 0.3) is 0 Å². The second-order valence-corrected chi connectivity index (χ2v) is 4.55. The Morgan fingerprint density at radius 3 is 2.89 bits per heavy atom. The zero-order valence-electron chi connectivity index (χ0n) is 10.4. The van der Waals surface area contributed by atoms with E-state index in [0.717, 1.165) is 24.4 Å². The Morgan fingerprint density at radius 2 is 2.26 bits per heavy atom. The highest BCUT2D eigenvalue weighted by atomic mass is 16.3. The van der Waals surface area contributed by atoms with Crippen molar-refractivity contribution < 1.29 is 4.42 Å². The van der Waals surface area contributed by atoms with Gasteiger partial charge in [0.2, 0.25) is 5.95 Å². The van der Waals surface area contributed by atoms with E-state index >= 15 is 0 Å². The van der Waals surface area contributed by atoms with Gasteiger partial charge >= 0.3 is 0 Å². The summed E-state index contributed by atoms with van der Waals surface area (Å²) in [6.45, 7) is 0.665. The molecule has 7 nitrogen and oxygen atoms in total. The van der Waals surface area contributed by atoms with E-state index in [1.54, 1.807) is 12.3 Å². The molecule has 1 saturated carbocycles. The van der Waals surface area contributed by atoms with Crippen molar-refractivity contribution >= 4 is 17.6 Å². The van der Waals surface area contributed by atoms with E-state index in [-0.39, 0.29) is 5.95 Å². The summed E-state index contributed by atoms with van der Waals surface area (Å²) in [5, 5.41) is 0. The van der Waals surface area contributed by atoms with Crippen LogP contribution in [0.3, 0.4) is 0 Å². The molecule has 0 aliphatic heterocycles. The molecular formula is C12H16N6O. The van der Waals surface area contributed by atoms with E-state index in [9.17, 15) is 0 Å².